The highest BCUT2D eigenvalue weighted by Gasteiger charge is 2.16. The SMILES string of the molecule is CC(OC(=O)/C=C/c1ccc(Cl)cc1Cl)C(=O)Nc1ccc(F)cc1. The quantitative estimate of drug-likeness (QED) is 0.602. The van der Waals surface area contributed by atoms with Gasteiger partial charge in [0.2, 0.25) is 0 Å². The Kier molecular flexibility index (Phi) is 6.56. The summed E-state index contributed by atoms with van der Waals surface area (Å²) in [5.74, 6) is -1.64. The summed E-state index contributed by atoms with van der Waals surface area (Å²) in [6.45, 7) is 1.43. The van der Waals surface area contributed by atoms with Crippen molar-refractivity contribution in [1.29, 1.82) is 0 Å². The fourth-order valence-corrected chi connectivity index (χ4v) is 2.31. The monoisotopic (exact) mass is 381 g/mol. The van der Waals surface area contributed by atoms with E-state index in [1.807, 2.05) is 0 Å². The van der Waals surface area contributed by atoms with E-state index in [2.05, 4.69) is 5.32 Å². The van der Waals surface area contributed by atoms with Gasteiger partial charge in [-0.05, 0) is 55.0 Å². The van der Waals surface area contributed by atoms with Crippen molar-refractivity contribution in [2.24, 2.45) is 0 Å². The fraction of sp³-hybridized carbons (Fsp3) is 0.111. The molecule has 0 saturated heterocycles. The Labute approximate surface area is 154 Å². The van der Waals surface area contributed by atoms with Gasteiger partial charge in [0.05, 0.1) is 0 Å². The first kappa shape index (κ1) is 19.0. The molecule has 1 unspecified atom stereocenters. The minimum atomic E-state index is -1.03. The molecule has 0 heterocycles. The van der Waals surface area contributed by atoms with Crippen molar-refractivity contribution in [1.82, 2.24) is 0 Å². The summed E-state index contributed by atoms with van der Waals surface area (Å²) in [7, 11) is 0. The second-order valence-corrected chi connectivity index (χ2v) is 5.92. The summed E-state index contributed by atoms with van der Waals surface area (Å²) in [5.41, 5.74) is 0.990. The van der Waals surface area contributed by atoms with Gasteiger partial charge in [-0.2, -0.15) is 0 Å². The molecule has 1 N–H and O–H groups in total. The molecule has 0 spiro atoms. The number of anilines is 1. The van der Waals surface area contributed by atoms with E-state index in [0.29, 0.717) is 21.3 Å². The van der Waals surface area contributed by atoms with E-state index in [4.69, 9.17) is 27.9 Å². The summed E-state index contributed by atoms with van der Waals surface area (Å²) in [6.07, 6.45) is 1.60. The Morgan fingerprint density at radius 2 is 1.84 bits per heavy atom. The summed E-state index contributed by atoms with van der Waals surface area (Å²) < 4.78 is 17.8. The number of amides is 1. The Morgan fingerprint density at radius 3 is 2.48 bits per heavy atom. The maximum Gasteiger partial charge on any atom is 0.331 e. The Hall–Kier alpha value is -2.37. The second-order valence-electron chi connectivity index (χ2n) is 5.07. The standard InChI is InChI=1S/C18H14Cl2FNO3/c1-11(18(24)22-15-7-5-14(21)6-8-15)25-17(23)9-3-12-2-4-13(19)10-16(12)20/h2-11H,1H3,(H,22,24)/b9-3+. The number of benzene rings is 2. The van der Waals surface area contributed by atoms with Gasteiger partial charge >= 0.3 is 5.97 Å². The molecule has 0 fully saturated rings. The molecule has 130 valence electrons. The zero-order valence-electron chi connectivity index (χ0n) is 13.1. The summed E-state index contributed by atoms with van der Waals surface area (Å²) in [5, 5.41) is 3.39. The van der Waals surface area contributed by atoms with Crippen LogP contribution in [0, 0.1) is 5.82 Å². The Morgan fingerprint density at radius 1 is 1.16 bits per heavy atom. The molecular formula is C18H14Cl2FNO3. The number of nitrogens with one attached hydrogen (secondary N) is 1. The van der Waals surface area contributed by atoms with Crippen LogP contribution in [-0.2, 0) is 14.3 Å². The van der Waals surface area contributed by atoms with Gasteiger partial charge in [0.15, 0.2) is 6.10 Å². The number of carbonyl (C=O) groups excluding carboxylic acids is 2. The molecule has 0 aliphatic carbocycles. The molecule has 2 aromatic rings. The van der Waals surface area contributed by atoms with Crippen LogP contribution in [0.2, 0.25) is 10.0 Å². The lowest BCUT2D eigenvalue weighted by Gasteiger charge is -2.12. The molecule has 25 heavy (non-hydrogen) atoms. The summed E-state index contributed by atoms with van der Waals surface area (Å²) in [4.78, 5) is 23.8. The van der Waals surface area contributed by atoms with Gasteiger partial charge in [-0.1, -0.05) is 29.3 Å². The first-order chi connectivity index (χ1) is 11.8. The zero-order chi connectivity index (χ0) is 18.4. The third-order valence-electron chi connectivity index (χ3n) is 3.14. The predicted molar refractivity (Wildman–Crippen MR) is 96.1 cm³/mol. The largest absolute Gasteiger partial charge is 0.449 e. The maximum absolute atomic E-state index is 12.8. The average molecular weight is 382 g/mol. The van der Waals surface area contributed by atoms with E-state index in [1.165, 1.54) is 37.3 Å². The number of hydrogen-bond donors (Lipinski definition) is 1. The predicted octanol–water partition coefficient (Wildman–Crippen LogP) is 4.72. The molecule has 2 rings (SSSR count). The minimum Gasteiger partial charge on any atom is -0.449 e. The lowest BCUT2D eigenvalue weighted by molar-refractivity contribution is -0.148. The number of ether oxygens (including phenoxy) is 1. The minimum absolute atomic E-state index is 0.388. The van der Waals surface area contributed by atoms with Gasteiger partial charge in [-0.3, -0.25) is 4.79 Å². The van der Waals surface area contributed by atoms with Crippen molar-refractivity contribution in [2.45, 2.75) is 13.0 Å². The lowest BCUT2D eigenvalue weighted by atomic mass is 10.2. The third kappa shape index (κ3) is 5.89. The smallest absolute Gasteiger partial charge is 0.331 e. The molecule has 4 nitrogen and oxygen atoms in total. The highest BCUT2D eigenvalue weighted by Crippen LogP contribution is 2.22. The number of carbonyl (C=O) groups is 2. The Bertz CT molecular complexity index is 806. The van der Waals surface area contributed by atoms with Gasteiger partial charge in [-0.15, -0.1) is 0 Å². The van der Waals surface area contributed by atoms with Gasteiger partial charge in [0.1, 0.15) is 5.82 Å². The fourth-order valence-electron chi connectivity index (χ4n) is 1.84. The van der Waals surface area contributed by atoms with Crippen molar-refractivity contribution in [3.63, 3.8) is 0 Å². The van der Waals surface area contributed by atoms with E-state index >= 15 is 0 Å². The van der Waals surface area contributed by atoms with E-state index < -0.39 is 23.8 Å². The number of rotatable bonds is 5. The molecule has 0 aromatic heterocycles. The summed E-state index contributed by atoms with van der Waals surface area (Å²) >= 11 is 11.8. The van der Waals surface area contributed by atoms with Crippen molar-refractivity contribution in [2.75, 3.05) is 5.32 Å². The van der Waals surface area contributed by atoms with Crippen molar-refractivity contribution in [3.05, 3.63) is 70.0 Å². The van der Waals surface area contributed by atoms with Gasteiger partial charge in [0.25, 0.3) is 5.91 Å². The highest BCUT2D eigenvalue weighted by atomic mass is 35.5. The normalized spacial score (nSPS) is 12.0. The maximum atomic E-state index is 12.8. The molecule has 0 aliphatic rings. The van der Waals surface area contributed by atoms with Gasteiger partial charge in [-0.25, -0.2) is 9.18 Å². The lowest BCUT2D eigenvalue weighted by Crippen LogP contribution is -2.29. The van der Waals surface area contributed by atoms with Gasteiger partial charge in [0, 0.05) is 21.8 Å². The highest BCUT2D eigenvalue weighted by molar-refractivity contribution is 6.35. The second kappa shape index (κ2) is 8.65. The van der Waals surface area contributed by atoms with E-state index in [1.54, 1.807) is 18.2 Å². The van der Waals surface area contributed by atoms with E-state index in [0.717, 1.165) is 6.08 Å². The van der Waals surface area contributed by atoms with Crippen molar-refractivity contribution >= 4 is 46.8 Å². The average Bonchev–Trinajstić information content (AvgIpc) is 2.56. The molecule has 0 aliphatic heterocycles. The topological polar surface area (TPSA) is 55.4 Å². The molecule has 0 radical (unpaired) electrons. The van der Waals surface area contributed by atoms with Gasteiger partial charge < -0.3 is 10.1 Å². The molecule has 0 bridgehead atoms. The number of esters is 1. The number of halogens is 3. The van der Waals surface area contributed by atoms with E-state index in [-0.39, 0.29) is 0 Å². The van der Waals surface area contributed by atoms with E-state index in [9.17, 15) is 14.0 Å². The van der Waals surface area contributed by atoms with Crippen LogP contribution in [-0.4, -0.2) is 18.0 Å². The van der Waals surface area contributed by atoms with Crippen LogP contribution >= 0.6 is 23.2 Å². The number of hydrogen-bond acceptors (Lipinski definition) is 3. The van der Waals surface area contributed by atoms with Crippen molar-refractivity contribution in [3.8, 4) is 0 Å². The van der Waals surface area contributed by atoms with Crippen LogP contribution in [0.25, 0.3) is 6.08 Å². The van der Waals surface area contributed by atoms with Crippen LogP contribution in [0.15, 0.2) is 48.5 Å². The van der Waals surface area contributed by atoms with Crippen LogP contribution in [0.4, 0.5) is 10.1 Å². The molecule has 7 heteroatoms. The molecule has 2 aromatic carbocycles. The van der Waals surface area contributed by atoms with Crippen molar-refractivity contribution < 1.29 is 18.7 Å². The molecule has 1 atom stereocenters. The summed E-state index contributed by atoms with van der Waals surface area (Å²) in [6, 6.07) is 10.1. The van der Waals surface area contributed by atoms with Crippen LogP contribution in [0.5, 0.6) is 0 Å². The first-order valence-corrected chi connectivity index (χ1v) is 8.01. The first-order valence-electron chi connectivity index (χ1n) is 7.25. The van der Waals surface area contributed by atoms with Crippen LogP contribution in [0.3, 0.4) is 0 Å². The Balaban J connectivity index is 1.91. The molecule has 0 saturated carbocycles. The van der Waals surface area contributed by atoms with Crippen LogP contribution in [0.1, 0.15) is 12.5 Å². The third-order valence-corrected chi connectivity index (χ3v) is 3.70. The molecule has 1 amide bonds. The van der Waals surface area contributed by atoms with Crippen LogP contribution < -0.4 is 5.32 Å². The zero-order valence-corrected chi connectivity index (χ0v) is 14.6. The molecular weight excluding hydrogens is 368 g/mol.